The molecule has 120 valence electrons. The number of hydrogen-bond acceptors (Lipinski definition) is 3. The number of carbonyl (C=O) groups is 1. The van der Waals surface area contributed by atoms with Crippen molar-refractivity contribution < 1.29 is 19.4 Å². The van der Waals surface area contributed by atoms with E-state index in [0.717, 1.165) is 16.1 Å². The molecule has 0 atom stereocenters. The molecule has 2 aromatic rings. The van der Waals surface area contributed by atoms with E-state index in [1.165, 1.54) is 6.08 Å². The normalized spacial score (nSPS) is 10.7. The highest BCUT2D eigenvalue weighted by molar-refractivity contribution is 9.10. The Morgan fingerprint density at radius 1 is 1.22 bits per heavy atom. The summed E-state index contributed by atoms with van der Waals surface area (Å²) in [7, 11) is 1.54. The molecule has 0 radical (unpaired) electrons. The van der Waals surface area contributed by atoms with Crippen LogP contribution in [-0.4, -0.2) is 18.2 Å². The molecule has 4 nitrogen and oxygen atoms in total. The van der Waals surface area contributed by atoms with Gasteiger partial charge in [-0.15, -0.1) is 0 Å². The Morgan fingerprint density at radius 2 is 1.91 bits per heavy atom. The summed E-state index contributed by atoms with van der Waals surface area (Å²) in [6.45, 7) is 0.395. The van der Waals surface area contributed by atoms with Crippen LogP contribution in [-0.2, 0) is 11.4 Å². The molecule has 6 heteroatoms. The molecule has 2 aromatic carbocycles. The largest absolute Gasteiger partial charge is 0.493 e. The minimum Gasteiger partial charge on any atom is -0.493 e. The molecule has 0 spiro atoms. The van der Waals surface area contributed by atoms with Crippen LogP contribution in [0.2, 0.25) is 0 Å². The van der Waals surface area contributed by atoms with Crippen molar-refractivity contribution in [1.82, 2.24) is 0 Å². The summed E-state index contributed by atoms with van der Waals surface area (Å²) in [5.74, 6) is 0.0973. The van der Waals surface area contributed by atoms with Gasteiger partial charge < -0.3 is 14.6 Å². The third-order valence-corrected chi connectivity index (χ3v) is 4.08. The van der Waals surface area contributed by atoms with Crippen LogP contribution in [0, 0.1) is 0 Å². The lowest BCUT2D eigenvalue weighted by Crippen LogP contribution is -1.99. The summed E-state index contributed by atoms with van der Waals surface area (Å²) >= 11 is 6.83. The lowest BCUT2D eigenvalue weighted by atomic mass is 10.2. The zero-order valence-corrected chi connectivity index (χ0v) is 15.4. The number of hydrogen-bond donors (Lipinski definition) is 1. The SMILES string of the molecule is COc1cc(C=CC(=O)O)cc(Br)c1OCc1ccc(Br)cc1. The zero-order valence-electron chi connectivity index (χ0n) is 12.3. The van der Waals surface area contributed by atoms with Crippen molar-refractivity contribution in [3.05, 3.63) is 62.5 Å². The van der Waals surface area contributed by atoms with E-state index in [9.17, 15) is 4.79 Å². The number of aliphatic carboxylic acids is 1. The van der Waals surface area contributed by atoms with Crippen LogP contribution in [0.15, 0.2) is 51.4 Å². The van der Waals surface area contributed by atoms with E-state index in [0.29, 0.717) is 28.1 Å². The number of carboxylic acid groups (broad SMARTS) is 1. The van der Waals surface area contributed by atoms with Gasteiger partial charge in [0, 0.05) is 10.5 Å². The Morgan fingerprint density at radius 3 is 2.52 bits per heavy atom. The van der Waals surface area contributed by atoms with E-state index in [2.05, 4.69) is 31.9 Å². The summed E-state index contributed by atoms with van der Waals surface area (Å²) < 4.78 is 12.9. The number of halogens is 2. The summed E-state index contributed by atoms with van der Waals surface area (Å²) in [5.41, 5.74) is 1.73. The third-order valence-electron chi connectivity index (χ3n) is 2.97. The Labute approximate surface area is 151 Å². The van der Waals surface area contributed by atoms with Crippen molar-refractivity contribution in [3.8, 4) is 11.5 Å². The van der Waals surface area contributed by atoms with Crippen LogP contribution in [0.3, 0.4) is 0 Å². The van der Waals surface area contributed by atoms with Crippen molar-refractivity contribution in [2.75, 3.05) is 7.11 Å². The fourth-order valence-electron chi connectivity index (χ4n) is 1.88. The van der Waals surface area contributed by atoms with Gasteiger partial charge in [-0.3, -0.25) is 0 Å². The molecule has 0 saturated carbocycles. The molecule has 0 heterocycles. The molecule has 0 aliphatic rings. The van der Waals surface area contributed by atoms with Gasteiger partial charge in [0.05, 0.1) is 11.6 Å². The van der Waals surface area contributed by atoms with Crippen LogP contribution in [0.25, 0.3) is 6.08 Å². The van der Waals surface area contributed by atoms with Crippen molar-refractivity contribution in [2.24, 2.45) is 0 Å². The number of rotatable bonds is 6. The smallest absolute Gasteiger partial charge is 0.328 e. The number of methoxy groups -OCH3 is 1. The van der Waals surface area contributed by atoms with Crippen LogP contribution in [0.5, 0.6) is 11.5 Å². The zero-order chi connectivity index (χ0) is 16.8. The number of benzene rings is 2. The lowest BCUT2D eigenvalue weighted by molar-refractivity contribution is -0.131. The fourth-order valence-corrected chi connectivity index (χ4v) is 2.72. The molecule has 0 aliphatic heterocycles. The lowest BCUT2D eigenvalue weighted by Gasteiger charge is -2.13. The molecule has 0 aromatic heterocycles. The Hall–Kier alpha value is -1.79. The van der Waals surface area contributed by atoms with Gasteiger partial charge in [0.25, 0.3) is 0 Å². The molecule has 1 N–H and O–H groups in total. The summed E-state index contributed by atoms with van der Waals surface area (Å²) in [6, 6.07) is 11.3. The second-order valence-electron chi connectivity index (χ2n) is 4.62. The Balaban J connectivity index is 2.20. The van der Waals surface area contributed by atoms with Gasteiger partial charge >= 0.3 is 5.97 Å². The molecule has 0 fully saturated rings. The maximum atomic E-state index is 10.6. The van der Waals surface area contributed by atoms with Gasteiger partial charge in [0.1, 0.15) is 6.61 Å². The van der Waals surface area contributed by atoms with E-state index < -0.39 is 5.97 Å². The van der Waals surface area contributed by atoms with E-state index >= 15 is 0 Å². The van der Waals surface area contributed by atoms with Gasteiger partial charge in [-0.25, -0.2) is 4.79 Å². The molecule has 0 aliphatic carbocycles. The first kappa shape index (κ1) is 17.6. The van der Waals surface area contributed by atoms with Gasteiger partial charge in [0.2, 0.25) is 0 Å². The van der Waals surface area contributed by atoms with E-state index in [1.54, 1.807) is 19.2 Å². The van der Waals surface area contributed by atoms with Crippen LogP contribution in [0.4, 0.5) is 0 Å². The van der Waals surface area contributed by atoms with Crippen molar-refractivity contribution in [2.45, 2.75) is 6.61 Å². The summed E-state index contributed by atoms with van der Waals surface area (Å²) in [5, 5.41) is 8.70. The first-order valence-corrected chi connectivity index (χ1v) is 8.24. The number of ether oxygens (including phenoxy) is 2. The average molecular weight is 442 g/mol. The molecule has 23 heavy (non-hydrogen) atoms. The van der Waals surface area contributed by atoms with E-state index in [4.69, 9.17) is 14.6 Å². The fraction of sp³-hybridized carbons (Fsp3) is 0.118. The molecule has 0 saturated heterocycles. The van der Waals surface area contributed by atoms with Gasteiger partial charge in [-0.2, -0.15) is 0 Å². The molecule has 0 bridgehead atoms. The molecular weight excluding hydrogens is 428 g/mol. The first-order valence-electron chi connectivity index (χ1n) is 6.65. The van der Waals surface area contributed by atoms with Crippen LogP contribution >= 0.6 is 31.9 Å². The highest BCUT2D eigenvalue weighted by Gasteiger charge is 2.11. The highest BCUT2D eigenvalue weighted by Crippen LogP contribution is 2.37. The minimum atomic E-state index is -1.00. The average Bonchev–Trinajstić information content (AvgIpc) is 2.53. The van der Waals surface area contributed by atoms with Crippen LogP contribution in [0.1, 0.15) is 11.1 Å². The van der Waals surface area contributed by atoms with Crippen molar-refractivity contribution in [1.29, 1.82) is 0 Å². The van der Waals surface area contributed by atoms with Gasteiger partial charge in [-0.05, 0) is 57.4 Å². The van der Waals surface area contributed by atoms with Crippen LogP contribution < -0.4 is 9.47 Å². The predicted molar refractivity (Wildman–Crippen MR) is 95.8 cm³/mol. The maximum absolute atomic E-state index is 10.6. The first-order chi connectivity index (χ1) is 11.0. The molecule has 0 amide bonds. The molecular formula is C17H14Br2O4. The standard InChI is InChI=1S/C17H14Br2O4/c1-22-15-9-12(4-7-16(20)21)8-14(19)17(15)23-10-11-2-5-13(18)6-3-11/h2-9H,10H2,1H3,(H,20,21). The van der Waals surface area contributed by atoms with E-state index in [-0.39, 0.29) is 0 Å². The molecule has 0 unspecified atom stereocenters. The monoisotopic (exact) mass is 440 g/mol. The van der Waals surface area contributed by atoms with E-state index in [1.807, 2.05) is 24.3 Å². The van der Waals surface area contributed by atoms with Gasteiger partial charge in [-0.1, -0.05) is 28.1 Å². The minimum absolute atomic E-state index is 0.395. The summed E-state index contributed by atoms with van der Waals surface area (Å²) in [4.78, 5) is 10.6. The predicted octanol–water partition coefficient (Wildman–Crippen LogP) is 4.90. The summed E-state index contributed by atoms with van der Waals surface area (Å²) in [6.07, 6.45) is 2.57. The molecule has 2 rings (SSSR count). The second-order valence-corrected chi connectivity index (χ2v) is 6.39. The highest BCUT2D eigenvalue weighted by atomic mass is 79.9. The number of carboxylic acids is 1. The van der Waals surface area contributed by atoms with Crippen molar-refractivity contribution >= 4 is 43.9 Å². The topological polar surface area (TPSA) is 55.8 Å². The Bertz CT molecular complexity index is 724. The maximum Gasteiger partial charge on any atom is 0.328 e. The Kier molecular flexibility index (Phi) is 6.24. The van der Waals surface area contributed by atoms with Crippen molar-refractivity contribution in [3.63, 3.8) is 0 Å². The third kappa shape index (κ3) is 5.11. The van der Waals surface area contributed by atoms with Gasteiger partial charge in [0.15, 0.2) is 11.5 Å². The quantitative estimate of drug-likeness (QED) is 0.648. The second kappa shape index (κ2) is 8.17.